The third kappa shape index (κ3) is 4.49. The van der Waals surface area contributed by atoms with Gasteiger partial charge in [-0.25, -0.2) is 4.98 Å². The summed E-state index contributed by atoms with van der Waals surface area (Å²) in [5, 5.41) is 3.59. The summed E-state index contributed by atoms with van der Waals surface area (Å²) in [6, 6.07) is 23.5. The molecule has 1 aromatic heterocycles. The van der Waals surface area contributed by atoms with Crippen LogP contribution < -0.4 is 5.32 Å². The summed E-state index contributed by atoms with van der Waals surface area (Å²) >= 11 is 5.89. The van der Waals surface area contributed by atoms with Crippen molar-refractivity contribution in [2.24, 2.45) is 0 Å². The Morgan fingerprint density at radius 1 is 1.03 bits per heavy atom. The number of hydrogen-bond acceptors (Lipinski definition) is 2. The minimum atomic E-state index is -0.108. The van der Waals surface area contributed by atoms with Crippen molar-refractivity contribution in [1.82, 2.24) is 14.9 Å². The minimum absolute atomic E-state index is 0.108. The highest BCUT2D eigenvalue weighted by molar-refractivity contribution is 6.30. The highest BCUT2D eigenvalue weighted by Gasteiger charge is 2.12. The predicted octanol–water partition coefficient (Wildman–Crippen LogP) is 5.02. The molecule has 0 aliphatic carbocycles. The van der Waals surface area contributed by atoms with Crippen molar-refractivity contribution in [3.63, 3.8) is 0 Å². The fraction of sp³-hybridized carbons (Fsp3) is 0.167. The summed E-state index contributed by atoms with van der Waals surface area (Å²) in [5.41, 5.74) is 5.15. The SMILES string of the molecule is Cc1cccc(Cn2c(CCNC(=O)c3ccc(Cl)cc3)nc3ccccc32)c1. The first-order chi connectivity index (χ1) is 14.1. The molecule has 0 aliphatic heterocycles. The van der Waals surface area contributed by atoms with Crippen LogP contribution in [0, 0.1) is 6.92 Å². The van der Waals surface area contributed by atoms with E-state index in [-0.39, 0.29) is 5.91 Å². The van der Waals surface area contributed by atoms with Gasteiger partial charge in [-0.15, -0.1) is 0 Å². The number of aromatic nitrogens is 2. The number of carbonyl (C=O) groups is 1. The van der Waals surface area contributed by atoms with E-state index in [0.717, 1.165) is 23.4 Å². The Labute approximate surface area is 175 Å². The summed E-state index contributed by atoms with van der Waals surface area (Å²) in [5.74, 6) is 0.854. The molecule has 5 heteroatoms. The average Bonchev–Trinajstić information content (AvgIpc) is 3.06. The third-order valence-corrected chi connectivity index (χ3v) is 5.15. The number of para-hydroxylation sites is 2. The van der Waals surface area contributed by atoms with Crippen LogP contribution in [0.25, 0.3) is 11.0 Å². The highest BCUT2D eigenvalue weighted by atomic mass is 35.5. The Morgan fingerprint density at radius 2 is 1.83 bits per heavy atom. The Balaban J connectivity index is 1.52. The van der Waals surface area contributed by atoms with Crippen molar-refractivity contribution in [3.05, 3.63) is 100 Å². The van der Waals surface area contributed by atoms with E-state index in [1.807, 2.05) is 18.2 Å². The summed E-state index contributed by atoms with van der Waals surface area (Å²) in [7, 11) is 0. The third-order valence-electron chi connectivity index (χ3n) is 4.90. The first kappa shape index (κ1) is 19.2. The van der Waals surface area contributed by atoms with Gasteiger partial charge < -0.3 is 9.88 Å². The van der Waals surface area contributed by atoms with Gasteiger partial charge in [-0.3, -0.25) is 4.79 Å². The second kappa shape index (κ2) is 8.50. The normalized spacial score (nSPS) is 11.0. The molecular weight excluding hydrogens is 382 g/mol. The lowest BCUT2D eigenvalue weighted by molar-refractivity contribution is 0.0954. The van der Waals surface area contributed by atoms with Crippen molar-refractivity contribution >= 4 is 28.5 Å². The first-order valence-corrected chi connectivity index (χ1v) is 10.0. The van der Waals surface area contributed by atoms with Gasteiger partial charge >= 0.3 is 0 Å². The molecule has 4 aromatic rings. The molecule has 0 aliphatic rings. The lowest BCUT2D eigenvalue weighted by Crippen LogP contribution is -2.26. The van der Waals surface area contributed by atoms with Gasteiger partial charge in [0.25, 0.3) is 5.91 Å². The van der Waals surface area contributed by atoms with Gasteiger partial charge in [0.15, 0.2) is 0 Å². The van der Waals surface area contributed by atoms with E-state index < -0.39 is 0 Å². The number of nitrogens with zero attached hydrogens (tertiary/aromatic N) is 2. The van der Waals surface area contributed by atoms with E-state index in [9.17, 15) is 4.79 Å². The van der Waals surface area contributed by atoms with Crippen LogP contribution in [-0.2, 0) is 13.0 Å². The molecule has 0 saturated carbocycles. The number of benzene rings is 3. The molecule has 1 heterocycles. The molecule has 1 N–H and O–H groups in total. The zero-order valence-electron chi connectivity index (χ0n) is 16.2. The van der Waals surface area contributed by atoms with E-state index >= 15 is 0 Å². The number of halogens is 1. The van der Waals surface area contributed by atoms with Gasteiger partial charge in [-0.2, -0.15) is 0 Å². The maximum absolute atomic E-state index is 12.4. The van der Waals surface area contributed by atoms with E-state index in [1.54, 1.807) is 24.3 Å². The first-order valence-electron chi connectivity index (χ1n) is 9.63. The monoisotopic (exact) mass is 403 g/mol. The maximum atomic E-state index is 12.4. The number of nitrogens with one attached hydrogen (secondary N) is 1. The van der Waals surface area contributed by atoms with Crippen molar-refractivity contribution in [3.8, 4) is 0 Å². The van der Waals surface area contributed by atoms with E-state index in [2.05, 4.69) is 47.1 Å². The van der Waals surface area contributed by atoms with Crippen LogP contribution in [-0.4, -0.2) is 22.0 Å². The quantitative estimate of drug-likeness (QED) is 0.491. The second-order valence-electron chi connectivity index (χ2n) is 7.10. The van der Waals surface area contributed by atoms with E-state index in [0.29, 0.717) is 23.6 Å². The zero-order chi connectivity index (χ0) is 20.2. The van der Waals surface area contributed by atoms with Gasteiger partial charge in [0.2, 0.25) is 0 Å². The Morgan fingerprint density at radius 3 is 2.62 bits per heavy atom. The standard InChI is InChI=1S/C24H22ClN3O/c1-17-5-4-6-18(15-17)16-28-22-8-3-2-7-21(22)27-23(28)13-14-26-24(29)19-9-11-20(25)12-10-19/h2-12,15H,13-14,16H2,1H3,(H,26,29). The number of fused-ring (bicyclic) bond motifs is 1. The van der Waals surface area contributed by atoms with Crippen LogP contribution in [0.4, 0.5) is 0 Å². The number of imidazole rings is 1. The molecule has 0 unspecified atom stereocenters. The predicted molar refractivity (Wildman–Crippen MR) is 118 cm³/mol. The molecule has 29 heavy (non-hydrogen) atoms. The fourth-order valence-corrected chi connectivity index (χ4v) is 3.60. The van der Waals surface area contributed by atoms with Crippen LogP contribution >= 0.6 is 11.6 Å². The van der Waals surface area contributed by atoms with Crippen molar-refractivity contribution in [1.29, 1.82) is 0 Å². The molecule has 0 radical (unpaired) electrons. The largest absolute Gasteiger partial charge is 0.352 e. The van der Waals surface area contributed by atoms with Crippen LogP contribution in [0.2, 0.25) is 5.02 Å². The summed E-state index contributed by atoms with van der Waals surface area (Å²) in [4.78, 5) is 17.2. The topological polar surface area (TPSA) is 46.9 Å². The van der Waals surface area contributed by atoms with Crippen molar-refractivity contribution in [2.75, 3.05) is 6.54 Å². The number of rotatable bonds is 6. The van der Waals surface area contributed by atoms with Crippen molar-refractivity contribution in [2.45, 2.75) is 19.9 Å². The van der Waals surface area contributed by atoms with Gasteiger partial charge in [0.1, 0.15) is 5.82 Å². The Hall–Kier alpha value is -3.11. The smallest absolute Gasteiger partial charge is 0.251 e. The summed E-state index contributed by atoms with van der Waals surface area (Å²) in [6.07, 6.45) is 0.653. The Kier molecular flexibility index (Phi) is 5.63. The highest BCUT2D eigenvalue weighted by Crippen LogP contribution is 2.19. The number of hydrogen-bond donors (Lipinski definition) is 1. The molecule has 0 fully saturated rings. The number of amides is 1. The fourth-order valence-electron chi connectivity index (χ4n) is 3.48. The molecular formula is C24H22ClN3O. The van der Waals surface area contributed by atoms with Gasteiger partial charge in [0, 0.05) is 30.1 Å². The second-order valence-corrected chi connectivity index (χ2v) is 7.54. The molecule has 0 spiro atoms. The molecule has 146 valence electrons. The van der Waals surface area contributed by atoms with Gasteiger partial charge in [-0.1, -0.05) is 53.6 Å². The average molecular weight is 404 g/mol. The van der Waals surface area contributed by atoms with E-state index in [1.165, 1.54) is 11.1 Å². The van der Waals surface area contributed by atoms with Crippen LogP contribution in [0.5, 0.6) is 0 Å². The molecule has 4 nitrogen and oxygen atoms in total. The van der Waals surface area contributed by atoms with E-state index in [4.69, 9.17) is 16.6 Å². The molecule has 0 bridgehead atoms. The molecule has 3 aromatic carbocycles. The lowest BCUT2D eigenvalue weighted by Gasteiger charge is -2.11. The molecule has 1 amide bonds. The van der Waals surface area contributed by atoms with Crippen molar-refractivity contribution < 1.29 is 4.79 Å². The number of aryl methyl sites for hydroxylation is 1. The van der Waals surface area contributed by atoms with Crippen LogP contribution in [0.15, 0.2) is 72.8 Å². The van der Waals surface area contributed by atoms with Crippen LogP contribution in [0.1, 0.15) is 27.3 Å². The maximum Gasteiger partial charge on any atom is 0.251 e. The molecule has 4 rings (SSSR count). The molecule has 0 atom stereocenters. The van der Waals surface area contributed by atoms with Crippen LogP contribution in [0.3, 0.4) is 0 Å². The summed E-state index contributed by atoms with van der Waals surface area (Å²) < 4.78 is 2.23. The zero-order valence-corrected chi connectivity index (χ0v) is 17.0. The number of carbonyl (C=O) groups excluding carboxylic acids is 1. The van der Waals surface area contributed by atoms with Gasteiger partial charge in [-0.05, 0) is 48.9 Å². The lowest BCUT2D eigenvalue weighted by atomic mass is 10.1. The van der Waals surface area contributed by atoms with Gasteiger partial charge in [0.05, 0.1) is 11.0 Å². The molecule has 0 saturated heterocycles. The Bertz CT molecular complexity index is 1150. The minimum Gasteiger partial charge on any atom is -0.352 e. The summed E-state index contributed by atoms with van der Waals surface area (Å²) in [6.45, 7) is 3.37.